The number of ether oxygens (including phenoxy) is 2. The van der Waals surface area contributed by atoms with Gasteiger partial charge in [-0.15, -0.1) is 34.7 Å². The Morgan fingerprint density at radius 3 is 2.56 bits per heavy atom. The van der Waals surface area contributed by atoms with E-state index in [0.29, 0.717) is 28.2 Å². The normalized spacial score (nSPS) is 18.4. The van der Waals surface area contributed by atoms with E-state index in [9.17, 15) is 24.3 Å². The van der Waals surface area contributed by atoms with Crippen LogP contribution in [0.15, 0.2) is 76.4 Å². The number of nitrogen functional groups attached to an aromatic ring is 1. The molecule has 3 atom stereocenters. The summed E-state index contributed by atoms with van der Waals surface area (Å²) >= 11 is 8.47. The molecule has 0 spiro atoms. The maximum Gasteiger partial charge on any atom is 0.355 e. The topological polar surface area (TPSA) is 183 Å². The molecule has 3 aromatic rings. The van der Waals surface area contributed by atoms with Crippen LogP contribution in [0.2, 0.25) is 0 Å². The fourth-order valence-electron chi connectivity index (χ4n) is 4.51. The number of amides is 2. The molecular weight excluding hydrogens is 646 g/mol. The van der Waals surface area contributed by atoms with Gasteiger partial charge >= 0.3 is 11.9 Å². The van der Waals surface area contributed by atoms with Gasteiger partial charge in [0.1, 0.15) is 35.2 Å². The number of carbonyl (C=O) groups is 4. The monoisotopic (exact) mass is 671 g/mol. The van der Waals surface area contributed by atoms with Crippen molar-refractivity contribution in [2.24, 2.45) is 5.16 Å². The first-order valence-electron chi connectivity index (χ1n) is 13.3. The Hall–Kier alpha value is -4.60. The number of carbonyl (C=O) groups excluding carboxylic acids is 3. The third-order valence-electron chi connectivity index (χ3n) is 6.77. The van der Waals surface area contributed by atoms with Crippen molar-refractivity contribution in [3.63, 3.8) is 0 Å². The van der Waals surface area contributed by atoms with Crippen LogP contribution in [0.3, 0.4) is 0 Å². The van der Waals surface area contributed by atoms with Crippen molar-refractivity contribution in [3.05, 3.63) is 88.1 Å². The SMILES string of the molecule is COc1ccc(COC(=O)C2=C(CCl)CS[C@@H]3[C@H](NC(=O)/C(=N\OC(C(=O)O)c4ccccc4)c4csc(N)n4)C(=O)N23)cc1. The number of halogens is 1. The molecule has 1 unspecified atom stereocenters. The number of carboxylic acid groups (broad SMARTS) is 1. The number of hydrogen-bond acceptors (Lipinski definition) is 12. The fourth-order valence-corrected chi connectivity index (χ4v) is 6.73. The van der Waals surface area contributed by atoms with Gasteiger partial charge in [-0.2, -0.15) is 0 Å². The van der Waals surface area contributed by atoms with Crippen molar-refractivity contribution < 1.29 is 38.6 Å². The highest BCUT2D eigenvalue weighted by atomic mass is 35.5. The number of fused-ring (bicyclic) bond motifs is 1. The van der Waals surface area contributed by atoms with Crippen LogP contribution < -0.4 is 15.8 Å². The minimum atomic E-state index is -1.52. The van der Waals surface area contributed by atoms with Gasteiger partial charge in [0.2, 0.25) is 6.10 Å². The number of alkyl halides is 1. The Kier molecular flexibility index (Phi) is 9.90. The molecule has 0 aliphatic carbocycles. The molecule has 2 amide bonds. The third-order valence-corrected chi connectivity index (χ3v) is 9.11. The molecule has 3 heterocycles. The van der Waals surface area contributed by atoms with E-state index < -0.39 is 41.3 Å². The molecule has 1 fully saturated rings. The summed E-state index contributed by atoms with van der Waals surface area (Å²) < 4.78 is 10.7. The first-order valence-corrected chi connectivity index (χ1v) is 15.7. The molecule has 16 heteroatoms. The zero-order valence-corrected chi connectivity index (χ0v) is 25.9. The highest BCUT2D eigenvalue weighted by Gasteiger charge is 2.54. The van der Waals surface area contributed by atoms with Crippen LogP contribution in [0.25, 0.3) is 0 Å². The Balaban J connectivity index is 1.32. The number of aliphatic carboxylic acids is 1. The number of anilines is 1. The number of nitrogens with one attached hydrogen (secondary N) is 1. The summed E-state index contributed by atoms with van der Waals surface area (Å²) in [5, 5.41) is 17.1. The number of nitrogens with zero attached hydrogens (tertiary/aromatic N) is 3. The van der Waals surface area contributed by atoms with E-state index in [2.05, 4.69) is 15.5 Å². The summed E-state index contributed by atoms with van der Waals surface area (Å²) in [6.07, 6.45) is -1.52. The van der Waals surface area contributed by atoms with Crippen LogP contribution in [0.4, 0.5) is 5.13 Å². The number of β-lactam (4-membered cyclic amide) rings is 1. The Bertz CT molecular complexity index is 1660. The van der Waals surface area contributed by atoms with E-state index in [1.165, 1.54) is 22.0 Å². The fraction of sp³-hybridized carbons (Fsp3) is 0.241. The molecule has 2 aliphatic heterocycles. The highest BCUT2D eigenvalue weighted by Crippen LogP contribution is 2.41. The zero-order valence-electron chi connectivity index (χ0n) is 23.5. The number of hydrogen-bond donors (Lipinski definition) is 3. The van der Waals surface area contributed by atoms with Crippen molar-refractivity contribution in [3.8, 4) is 5.75 Å². The van der Waals surface area contributed by atoms with Crippen LogP contribution in [0.1, 0.15) is 22.9 Å². The lowest BCUT2D eigenvalue weighted by atomic mass is 10.0. The van der Waals surface area contributed by atoms with Gasteiger partial charge in [0.05, 0.1) is 7.11 Å². The molecule has 1 saturated heterocycles. The van der Waals surface area contributed by atoms with E-state index in [1.807, 2.05) is 0 Å². The number of rotatable bonds is 12. The van der Waals surface area contributed by atoms with Crippen molar-refractivity contribution in [1.82, 2.24) is 15.2 Å². The Morgan fingerprint density at radius 1 is 1.20 bits per heavy atom. The minimum Gasteiger partial charge on any atom is -0.497 e. The predicted molar refractivity (Wildman–Crippen MR) is 167 cm³/mol. The molecule has 2 aromatic carbocycles. The lowest BCUT2D eigenvalue weighted by Gasteiger charge is -2.49. The average Bonchev–Trinajstić information content (AvgIpc) is 3.49. The zero-order chi connectivity index (χ0) is 32.1. The second-order valence-electron chi connectivity index (χ2n) is 9.62. The third kappa shape index (κ3) is 6.90. The molecule has 4 N–H and O–H groups in total. The van der Waals surface area contributed by atoms with Crippen molar-refractivity contribution >= 4 is 69.3 Å². The lowest BCUT2D eigenvalue weighted by Crippen LogP contribution is -2.71. The average molecular weight is 672 g/mol. The molecule has 45 heavy (non-hydrogen) atoms. The largest absolute Gasteiger partial charge is 0.497 e. The molecule has 0 radical (unpaired) electrons. The molecular formula is C29H26ClN5O8S2. The van der Waals surface area contributed by atoms with E-state index in [-0.39, 0.29) is 34.7 Å². The number of nitrogens with two attached hydrogens (primary N) is 1. The second-order valence-corrected chi connectivity index (χ2v) is 11.9. The first-order chi connectivity index (χ1) is 21.7. The molecule has 13 nitrogen and oxygen atoms in total. The summed E-state index contributed by atoms with van der Waals surface area (Å²) in [4.78, 5) is 62.6. The highest BCUT2D eigenvalue weighted by molar-refractivity contribution is 8.00. The predicted octanol–water partition coefficient (Wildman–Crippen LogP) is 2.92. The molecule has 234 valence electrons. The maximum absolute atomic E-state index is 13.5. The lowest BCUT2D eigenvalue weighted by molar-refractivity contribution is -0.153. The summed E-state index contributed by atoms with van der Waals surface area (Å²) in [5.74, 6) is -2.50. The second kappa shape index (κ2) is 14.0. The summed E-state index contributed by atoms with van der Waals surface area (Å²) in [6, 6.07) is 14.0. The molecule has 0 saturated carbocycles. The molecule has 5 rings (SSSR count). The number of esters is 1. The summed E-state index contributed by atoms with van der Waals surface area (Å²) in [5.41, 5.74) is 6.97. The van der Waals surface area contributed by atoms with E-state index in [0.717, 1.165) is 11.3 Å². The van der Waals surface area contributed by atoms with Crippen LogP contribution in [0.5, 0.6) is 5.75 Å². The van der Waals surface area contributed by atoms with Gasteiger partial charge in [-0.25, -0.2) is 14.6 Å². The van der Waals surface area contributed by atoms with Crippen molar-refractivity contribution in [2.45, 2.75) is 24.1 Å². The molecule has 0 bridgehead atoms. The van der Waals surface area contributed by atoms with E-state index >= 15 is 0 Å². The van der Waals surface area contributed by atoms with Gasteiger partial charge < -0.3 is 30.5 Å². The number of methoxy groups -OCH3 is 1. The number of carboxylic acids is 1. The quantitative estimate of drug-likeness (QED) is 0.0846. The number of oxime groups is 1. The van der Waals surface area contributed by atoms with Gasteiger partial charge in [0.15, 0.2) is 10.8 Å². The van der Waals surface area contributed by atoms with Crippen molar-refractivity contribution in [2.75, 3.05) is 24.5 Å². The number of aromatic nitrogens is 1. The summed E-state index contributed by atoms with van der Waals surface area (Å²) in [6.45, 7) is -0.0428. The van der Waals surface area contributed by atoms with Gasteiger partial charge in [0.25, 0.3) is 11.8 Å². The van der Waals surface area contributed by atoms with Crippen LogP contribution >= 0.6 is 34.7 Å². The van der Waals surface area contributed by atoms with Crippen LogP contribution in [0, 0.1) is 0 Å². The maximum atomic E-state index is 13.5. The standard InChI is InChI=1S/C29H26ClN5O8S2/c1-41-18-9-7-15(8-10-18)12-42-28(40)22-17(11-30)13-44-26-21(25(37)35(22)26)33-24(36)20(19-14-45-29(31)32-19)34-43-23(27(38)39)16-5-3-2-4-6-16/h2-10,14,21,23,26H,11-13H2,1H3,(H2,31,32)(H,33,36)(H,38,39)/b34-20-/t21-,23?,26-/m1/s1. The summed E-state index contributed by atoms with van der Waals surface area (Å²) in [7, 11) is 1.55. The molecule has 2 aliphatic rings. The minimum absolute atomic E-state index is 0.000947. The van der Waals surface area contributed by atoms with Crippen LogP contribution in [-0.2, 0) is 35.4 Å². The number of thioether (sulfide) groups is 1. The van der Waals surface area contributed by atoms with Gasteiger partial charge in [-0.3, -0.25) is 14.5 Å². The smallest absolute Gasteiger partial charge is 0.355 e. The van der Waals surface area contributed by atoms with Crippen molar-refractivity contribution in [1.29, 1.82) is 0 Å². The Labute approximate surface area is 270 Å². The van der Waals surface area contributed by atoms with E-state index in [4.69, 9.17) is 31.6 Å². The van der Waals surface area contributed by atoms with E-state index in [1.54, 1.807) is 61.7 Å². The van der Waals surface area contributed by atoms with Gasteiger partial charge in [-0.05, 0) is 23.3 Å². The number of benzene rings is 2. The van der Waals surface area contributed by atoms with Crippen LogP contribution in [-0.4, -0.2) is 74.6 Å². The number of thiazole rings is 1. The Morgan fingerprint density at radius 2 is 1.93 bits per heavy atom. The van der Waals surface area contributed by atoms with Gasteiger partial charge in [-0.1, -0.05) is 47.6 Å². The van der Waals surface area contributed by atoms with Gasteiger partial charge in [0, 0.05) is 22.6 Å². The molecule has 1 aromatic heterocycles. The first kappa shape index (κ1) is 31.8.